The van der Waals surface area contributed by atoms with E-state index in [2.05, 4.69) is 24.1 Å². The zero-order chi connectivity index (χ0) is 25.0. The van der Waals surface area contributed by atoms with Gasteiger partial charge in [0.25, 0.3) is 5.91 Å². The van der Waals surface area contributed by atoms with Crippen LogP contribution in [0.3, 0.4) is 0 Å². The Morgan fingerprint density at radius 3 is 2.43 bits per heavy atom. The van der Waals surface area contributed by atoms with Gasteiger partial charge in [-0.05, 0) is 54.2 Å². The van der Waals surface area contributed by atoms with Crippen LogP contribution in [0, 0.1) is 11.8 Å². The number of amides is 1. The van der Waals surface area contributed by atoms with E-state index in [1.807, 2.05) is 24.3 Å². The highest BCUT2D eigenvalue weighted by Crippen LogP contribution is 2.27. The Balaban J connectivity index is 1.31. The number of nitrogens with zero attached hydrogens (tertiary/aromatic N) is 2. The molecule has 184 valence electrons. The van der Waals surface area contributed by atoms with E-state index in [0.29, 0.717) is 30.6 Å². The summed E-state index contributed by atoms with van der Waals surface area (Å²) in [6.45, 7) is 4.68. The van der Waals surface area contributed by atoms with Gasteiger partial charge in [-0.1, -0.05) is 38.1 Å². The molecule has 35 heavy (non-hydrogen) atoms. The summed E-state index contributed by atoms with van der Waals surface area (Å²) in [7, 11) is -3.59. The van der Waals surface area contributed by atoms with E-state index in [0.717, 1.165) is 22.9 Å². The maximum Gasteiger partial charge on any atom is 0.310 e. The fourth-order valence-electron chi connectivity index (χ4n) is 4.52. The second-order valence-electron chi connectivity index (χ2n) is 9.17. The van der Waals surface area contributed by atoms with Crippen LogP contribution in [0.5, 0.6) is 0 Å². The fourth-order valence-corrected chi connectivity index (χ4v) is 6.20. The van der Waals surface area contributed by atoms with E-state index in [4.69, 9.17) is 4.74 Å². The second kappa shape index (κ2) is 10.5. The van der Waals surface area contributed by atoms with Crippen molar-refractivity contribution in [2.45, 2.75) is 31.6 Å². The molecule has 2 heterocycles. The maximum atomic E-state index is 13.0. The van der Waals surface area contributed by atoms with E-state index in [1.165, 1.54) is 28.6 Å². The molecule has 9 heteroatoms. The largest absolute Gasteiger partial charge is 0.455 e. The Bertz CT molecular complexity index is 1310. The van der Waals surface area contributed by atoms with Crippen LogP contribution in [-0.4, -0.2) is 49.3 Å². The Labute approximate surface area is 205 Å². The summed E-state index contributed by atoms with van der Waals surface area (Å²) in [6.07, 6.45) is 2.68. The molecular formula is C26H29N3O5S. The molecule has 1 aliphatic rings. The lowest BCUT2D eigenvalue weighted by Gasteiger charge is -2.34. The number of para-hydroxylation sites is 1. The van der Waals surface area contributed by atoms with E-state index in [1.54, 1.807) is 12.3 Å². The Morgan fingerprint density at radius 1 is 1.03 bits per heavy atom. The second-order valence-corrected chi connectivity index (χ2v) is 11.1. The first-order valence-corrected chi connectivity index (χ1v) is 13.0. The van der Waals surface area contributed by atoms with Crippen molar-refractivity contribution in [3.05, 3.63) is 66.4 Å². The first-order chi connectivity index (χ1) is 16.7. The number of hydrogen-bond donors (Lipinski definition) is 1. The monoisotopic (exact) mass is 495 g/mol. The summed E-state index contributed by atoms with van der Waals surface area (Å²) in [4.78, 5) is 29.0. The van der Waals surface area contributed by atoms with Gasteiger partial charge in [-0.2, -0.15) is 4.31 Å². The number of ether oxygens (including phenoxy) is 1. The van der Waals surface area contributed by atoms with Gasteiger partial charge in [-0.3, -0.25) is 14.6 Å². The van der Waals surface area contributed by atoms with Gasteiger partial charge in [0.05, 0.1) is 16.8 Å². The van der Waals surface area contributed by atoms with Crippen molar-refractivity contribution in [1.29, 1.82) is 0 Å². The van der Waals surface area contributed by atoms with Crippen molar-refractivity contribution in [3.63, 3.8) is 0 Å². The standard InChI is InChI=1S/C26H29N3O5S/c1-18-13-19(2)16-29(15-18)35(32,33)23-10-8-22(9-11-23)28-24(30)17-34-25(31)14-21-6-3-5-20-7-4-12-27-26(20)21/h3-12,18-19H,13-17H2,1-2H3,(H,28,30)/t18-,19+. The van der Waals surface area contributed by atoms with Gasteiger partial charge in [0.1, 0.15) is 0 Å². The summed E-state index contributed by atoms with van der Waals surface area (Å²) in [5.41, 5.74) is 1.87. The van der Waals surface area contributed by atoms with E-state index >= 15 is 0 Å². The summed E-state index contributed by atoms with van der Waals surface area (Å²) >= 11 is 0. The number of benzene rings is 2. The molecule has 1 fully saturated rings. The van der Waals surface area contributed by atoms with E-state index in [9.17, 15) is 18.0 Å². The molecular weight excluding hydrogens is 466 g/mol. The van der Waals surface area contributed by atoms with Crippen LogP contribution in [-0.2, 0) is 30.8 Å². The van der Waals surface area contributed by atoms with Crippen LogP contribution >= 0.6 is 0 Å². The predicted molar refractivity (Wildman–Crippen MR) is 133 cm³/mol. The number of pyridine rings is 1. The van der Waals surface area contributed by atoms with Crippen LogP contribution in [0.4, 0.5) is 5.69 Å². The Morgan fingerprint density at radius 2 is 1.71 bits per heavy atom. The summed E-state index contributed by atoms with van der Waals surface area (Å²) in [6, 6.07) is 15.3. The average Bonchev–Trinajstić information content (AvgIpc) is 2.83. The maximum absolute atomic E-state index is 13.0. The molecule has 0 bridgehead atoms. The number of aromatic nitrogens is 1. The van der Waals surface area contributed by atoms with Gasteiger partial charge in [0, 0.05) is 30.4 Å². The third-order valence-electron chi connectivity index (χ3n) is 6.03. The van der Waals surface area contributed by atoms with E-state index in [-0.39, 0.29) is 11.3 Å². The SMILES string of the molecule is C[C@@H]1C[C@H](C)CN(S(=O)(=O)c2ccc(NC(=O)COC(=O)Cc3cccc4cccnc34)cc2)C1. The van der Waals surface area contributed by atoms with Gasteiger partial charge in [-0.25, -0.2) is 8.42 Å². The van der Waals surface area contributed by atoms with Gasteiger partial charge in [0.2, 0.25) is 10.0 Å². The van der Waals surface area contributed by atoms with Gasteiger partial charge in [0.15, 0.2) is 6.61 Å². The number of fused-ring (bicyclic) bond motifs is 1. The van der Waals surface area contributed by atoms with Crippen molar-refractivity contribution in [3.8, 4) is 0 Å². The molecule has 3 aromatic rings. The molecule has 0 aliphatic carbocycles. The molecule has 0 unspecified atom stereocenters. The number of carbonyl (C=O) groups excluding carboxylic acids is 2. The smallest absolute Gasteiger partial charge is 0.310 e. The van der Waals surface area contributed by atoms with Gasteiger partial charge in [-0.15, -0.1) is 0 Å². The molecule has 0 radical (unpaired) electrons. The van der Waals surface area contributed by atoms with Crippen molar-refractivity contribution in [2.24, 2.45) is 11.8 Å². The van der Waals surface area contributed by atoms with Crippen molar-refractivity contribution in [1.82, 2.24) is 9.29 Å². The molecule has 1 aliphatic heterocycles. The third kappa shape index (κ3) is 6.04. The number of hydrogen-bond acceptors (Lipinski definition) is 6. The minimum atomic E-state index is -3.59. The lowest BCUT2D eigenvalue weighted by molar-refractivity contribution is -0.146. The van der Waals surface area contributed by atoms with Crippen molar-refractivity contribution >= 4 is 38.5 Å². The normalized spacial score (nSPS) is 18.8. The molecule has 2 atom stereocenters. The Hall–Kier alpha value is -3.30. The van der Waals surface area contributed by atoms with Crippen LogP contribution in [0.1, 0.15) is 25.8 Å². The highest BCUT2D eigenvalue weighted by atomic mass is 32.2. The van der Waals surface area contributed by atoms with Crippen LogP contribution in [0.2, 0.25) is 0 Å². The first kappa shape index (κ1) is 24.8. The lowest BCUT2D eigenvalue weighted by Crippen LogP contribution is -2.42. The average molecular weight is 496 g/mol. The van der Waals surface area contributed by atoms with Gasteiger partial charge < -0.3 is 10.1 Å². The number of sulfonamides is 1. The molecule has 2 aromatic carbocycles. The molecule has 8 nitrogen and oxygen atoms in total. The molecule has 4 rings (SSSR count). The minimum absolute atomic E-state index is 0.00191. The molecule has 0 saturated carbocycles. The Kier molecular flexibility index (Phi) is 7.47. The van der Waals surface area contributed by atoms with Crippen molar-refractivity contribution < 1.29 is 22.7 Å². The molecule has 1 aromatic heterocycles. The molecule has 1 saturated heterocycles. The summed E-state index contributed by atoms with van der Waals surface area (Å²) < 4.78 is 32.7. The van der Waals surface area contributed by atoms with E-state index < -0.39 is 28.5 Å². The zero-order valence-corrected chi connectivity index (χ0v) is 20.6. The van der Waals surface area contributed by atoms with Crippen molar-refractivity contribution in [2.75, 3.05) is 25.0 Å². The predicted octanol–water partition coefficient (Wildman–Crippen LogP) is 3.63. The fraction of sp³-hybridized carbons (Fsp3) is 0.346. The number of nitrogens with one attached hydrogen (secondary N) is 1. The molecule has 1 amide bonds. The number of anilines is 1. The summed E-state index contributed by atoms with van der Waals surface area (Å²) in [5.74, 6) is -0.424. The quantitative estimate of drug-likeness (QED) is 0.502. The van der Waals surface area contributed by atoms with Gasteiger partial charge >= 0.3 is 5.97 Å². The molecule has 0 spiro atoms. The third-order valence-corrected chi connectivity index (χ3v) is 7.87. The first-order valence-electron chi connectivity index (χ1n) is 11.6. The zero-order valence-electron chi connectivity index (χ0n) is 19.8. The topological polar surface area (TPSA) is 106 Å². The van der Waals surface area contributed by atoms with Crippen LogP contribution in [0.25, 0.3) is 10.9 Å². The number of rotatable bonds is 7. The highest BCUT2D eigenvalue weighted by molar-refractivity contribution is 7.89. The summed E-state index contributed by atoms with van der Waals surface area (Å²) in [5, 5.41) is 3.55. The van der Waals surface area contributed by atoms with Crippen LogP contribution in [0.15, 0.2) is 65.7 Å². The number of piperidine rings is 1. The molecule has 1 N–H and O–H groups in total. The minimum Gasteiger partial charge on any atom is -0.455 e. The number of esters is 1. The number of carbonyl (C=O) groups is 2. The van der Waals surface area contributed by atoms with Crippen LogP contribution < -0.4 is 5.32 Å². The lowest BCUT2D eigenvalue weighted by atomic mass is 9.94. The highest BCUT2D eigenvalue weighted by Gasteiger charge is 2.31.